The maximum absolute atomic E-state index is 10.7. The summed E-state index contributed by atoms with van der Waals surface area (Å²) in [4.78, 5) is 4.53. The number of halogens is 1. The monoisotopic (exact) mass is 501 g/mol. The number of guanidine groups is 1. The van der Waals surface area contributed by atoms with Crippen LogP contribution in [0, 0.1) is 6.92 Å². The summed E-state index contributed by atoms with van der Waals surface area (Å²) in [6.07, 6.45) is 0. The standard InChI is InChI=1S/C21H31N3O3.HI/c1-6-22-20(24-14-21(4,25)19-12-11-16(3)27-19)23-13-15(2)17-9-7-8-10-18(17)26-5;/h7-12,15,25H,6,13-14H2,1-5H3,(H2,22,23,24);1H. The van der Waals surface area contributed by atoms with Gasteiger partial charge in [0.15, 0.2) is 5.96 Å². The van der Waals surface area contributed by atoms with Gasteiger partial charge in [0.25, 0.3) is 0 Å². The van der Waals surface area contributed by atoms with Gasteiger partial charge in [0, 0.05) is 19.0 Å². The van der Waals surface area contributed by atoms with Gasteiger partial charge in [-0.2, -0.15) is 0 Å². The highest BCUT2D eigenvalue weighted by atomic mass is 127. The lowest BCUT2D eigenvalue weighted by atomic mass is 10.0. The normalized spacial score (nSPS) is 14.6. The molecule has 0 aliphatic rings. The first-order valence-electron chi connectivity index (χ1n) is 9.31. The fraction of sp³-hybridized carbons (Fsp3) is 0.476. The molecule has 2 unspecified atom stereocenters. The quantitative estimate of drug-likeness (QED) is 0.292. The molecule has 28 heavy (non-hydrogen) atoms. The van der Waals surface area contributed by atoms with Gasteiger partial charge in [-0.25, -0.2) is 4.99 Å². The number of nitrogens with one attached hydrogen (secondary N) is 2. The molecule has 7 heteroatoms. The summed E-state index contributed by atoms with van der Waals surface area (Å²) in [6, 6.07) is 11.6. The van der Waals surface area contributed by atoms with Crippen LogP contribution in [-0.2, 0) is 5.60 Å². The Morgan fingerprint density at radius 1 is 1.25 bits per heavy atom. The zero-order valence-electron chi connectivity index (χ0n) is 17.3. The predicted molar refractivity (Wildman–Crippen MR) is 124 cm³/mol. The van der Waals surface area contributed by atoms with E-state index in [9.17, 15) is 5.11 Å². The number of ether oxygens (including phenoxy) is 1. The molecule has 0 fully saturated rings. The van der Waals surface area contributed by atoms with E-state index in [1.807, 2.05) is 38.1 Å². The van der Waals surface area contributed by atoms with E-state index in [1.165, 1.54) is 0 Å². The van der Waals surface area contributed by atoms with Crippen LogP contribution in [0.15, 0.2) is 45.8 Å². The highest BCUT2D eigenvalue weighted by Gasteiger charge is 2.26. The molecule has 2 rings (SSSR count). The van der Waals surface area contributed by atoms with Crippen LogP contribution in [0.2, 0.25) is 0 Å². The molecule has 0 radical (unpaired) electrons. The number of benzene rings is 1. The Morgan fingerprint density at radius 2 is 1.96 bits per heavy atom. The van der Waals surface area contributed by atoms with Crippen molar-refractivity contribution in [2.24, 2.45) is 4.99 Å². The van der Waals surface area contributed by atoms with Crippen LogP contribution in [-0.4, -0.2) is 37.8 Å². The van der Waals surface area contributed by atoms with Gasteiger partial charge in [0.2, 0.25) is 0 Å². The molecular weight excluding hydrogens is 469 g/mol. The van der Waals surface area contributed by atoms with E-state index in [0.29, 0.717) is 18.3 Å². The highest BCUT2D eigenvalue weighted by molar-refractivity contribution is 14.0. The molecule has 1 heterocycles. The van der Waals surface area contributed by atoms with Gasteiger partial charge in [-0.3, -0.25) is 0 Å². The molecule has 0 bridgehead atoms. The van der Waals surface area contributed by atoms with E-state index in [0.717, 1.165) is 23.6 Å². The molecule has 0 aliphatic heterocycles. The van der Waals surface area contributed by atoms with Gasteiger partial charge in [-0.1, -0.05) is 25.1 Å². The van der Waals surface area contributed by atoms with Crippen molar-refractivity contribution in [2.75, 3.05) is 26.7 Å². The number of hydrogen-bond donors (Lipinski definition) is 3. The number of aryl methyl sites for hydroxylation is 1. The van der Waals surface area contributed by atoms with E-state index in [1.54, 1.807) is 20.1 Å². The topological polar surface area (TPSA) is 79.0 Å². The molecule has 3 N–H and O–H groups in total. The second kappa shape index (κ2) is 11.3. The Hall–Kier alpha value is -1.74. The van der Waals surface area contributed by atoms with Crippen LogP contribution in [0.1, 0.15) is 43.8 Å². The van der Waals surface area contributed by atoms with Crippen molar-refractivity contribution in [1.29, 1.82) is 0 Å². The largest absolute Gasteiger partial charge is 0.496 e. The van der Waals surface area contributed by atoms with Crippen LogP contribution in [0.5, 0.6) is 5.75 Å². The average Bonchev–Trinajstić information content (AvgIpc) is 3.11. The number of hydrogen-bond acceptors (Lipinski definition) is 4. The molecule has 0 saturated carbocycles. The van der Waals surface area contributed by atoms with Crippen LogP contribution >= 0.6 is 24.0 Å². The molecule has 2 aromatic rings. The molecule has 0 aliphatic carbocycles. The third-order valence-corrected chi connectivity index (χ3v) is 4.41. The first kappa shape index (κ1) is 24.3. The van der Waals surface area contributed by atoms with Crippen molar-refractivity contribution >= 4 is 29.9 Å². The number of furan rings is 1. The summed E-state index contributed by atoms with van der Waals surface area (Å²) in [5.74, 6) is 3.05. The fourth-order valence-corrected chi connectivity index (χ4v) is 2.81. The molecule has 6 nitrogen and oxygen atoms in total. The number of nitrogens with zero attached hydrogens (tertiary/aromatic N) is 1. The number of para-hydroxylation sites is 1. The fourth-order valence-electron chi connectivity index (χ4n) is 2.81. The minimum Gasteiger partial charge on any atom is -0.496 e. The summed E-state index contributed by atoms with van der Waals surface area (Å²) >= 11 is 0. The van der Waals surface area contributed by atoms with E-state index in [-0.39, 0.29) is 36.4 Å². The van der Waals surface area contributed by atoms with Gasteiger partial charge in [-0.15, -0.1) is 24.0 Å². The van der Waals surface area contributed by atoms with Crippen molar-refractivity contribution < 1.29 is 14.3 Å². The molecule has 2 atom stereocenters. The third-order valence-electron chi connectivity index (χ3n) is 4.41. The molecule has 1 aromatic heterocycles. The lowest BCUT2D eigenvalue weighted by Gasteiger charge is -2.21. The summed E-state index contributed by atoms with van der Waals surface area (Å²) in [5, 5.41) is 17.2. The summed E-state index contributed by atoms with van der Waals surface area (Å²) in [6.45, 7) is 9.32. The summed E-state index contributed by atoms with van der Waals surface area (Å²) in [5.41, 5.74) is -0.0216. The Bertz CT molecular complexity index is 759. The van der Waals surface area contributed by atoms with Crippen molar-refractivity contribution in [3.8, 4) is 5.75 Å². The van der Waals surface area contributed by atoms with Gasteiger partial charge in [0.1, 0.15) is 22.9 Å². The Balaban J connectivity index is 0.00000392. The zero-order valence-corrected chi connectivity index (χ0v) is 19.6. The van der Waals surface area contributed by atoms with Crippen molar-refractivity contribution in [2.45, 2.75) is 39.2 Å². The van der Waals surface area contributed by atoms with E-state index >= 15 is 0 Å². The van der Waals surface area contributed by atoms with Crippen LogP contribution < -0.4 is 15.4 Å². The minimum absolute atomic E-state index is 0. The van der Waals surface area contributed by atoms with Crippen molar-refractivity contribution in [1.82, 2.24) is 10.6 Å². The first-order valence-corrected chi connectivity index (χ1v) is 9.31. The lowest BCUT2D eigenvalue weighted by molar-refractivity contribution is 0.0428. The van der Waals surface area contributed by atoms with E-state index in [2.05, 4.69) is 28.6 Å². The van der Waals surface area contributed by atoms with Crippen LogP contribution in [0.4, 0.5) is 0 Å². The summed E-state index contributed by atoms with van der Waals surface area (Å²) < 4.78 is 11.0. The number of aliphatic hydroxyl groups is 1. The zero-order chi connectivity index (χ0) is 19.9. The molecular formula is C21H32IN3O3. The maximum atomic E-state index is 10.7. The Kier molecular flexibility index (Phi) is 9.81. The Morgan fingerprint density at radius 3 is 2.57 bits per heavy atom. The van der Waals surface area contributed by atoms with Crippen LogP contribution in [0.3, 0.4) is 0 Å². The maximum Gasteiger partial charge on any atom is 0.191 e. The average molecular weight is 501 g/mol. The smallest absolute Gasteiger partial charge is 0.191 e. The van der Waals surface area contributed by atoms with Gasteiger partial charge in [0.05, 0.1) is 13.7 Å². The Labute approximate surface area is 184 Å². The predicted octanol–water partition coefficient (Wildman–Crippen LogP) is 3.78. The lowest BCUT2D eigenvalue weighted by Crippen LogP contribution is -2.40. The molecule has 1 aromatic carbocycles. The molecule has 0 saturated heterocycles. The minimum atomic E-state index is -1.16. The van der Waals surface area contributed by atoms with Crippen molar-refractivity contribution in [3.63, 3.8) is 0 Å². The molecule has 0 spiro atoms. The van der Waals surface area contributed by atoms with E-state index in [4.69, 9.17) is 9.15 Å². The second-order valence-electron chi connectivity index (χ2n) is 6.90. The number of aliphatic imine (C=N–C) groups is 1. The SMILES string of the molecule is CCNC(=NCC(C)(O)c1ccc(C)o1)NCC(C)c1ccccc1OC.I. The number of rotatable bonds is 8. The molecule has 156 valence electrons. The van der Waals surface area contributed by atoms with Gasteiger partial charge in [-0.05, 0) is 44.5 Å². The van der Waals surface area contributed by atoms with Gasteiger partial charge < -0.3 is 24.9 Å². The number of methoxy groups -OCH3 is 1. The highest BCUT2D eigenvalue weighted by Crippen LogP contribution is 2.25. The van der Waals surface area contributed by atoms with Crippen molar-refractivity contribution in [3.05, 3.63) is 53.5 Å². The first-order chi connectivity index (χ1) is 12.9. The summed E-state index contributed by atoms with van der Waals surface area (Å²) in [7, 11) is 1.68. The second-order valence-corrected chi connectivity index (χ2v) is 6.90. The van der Waals surface area contributed by atoms with E-state index < -0.39 is 5.60 Å². The van der Waals surface area contributed by atoms with Gasteiger partial charge >= 0.3 is 0 Å². The van der Waals surface area contributed by atoms with Crippen LogP contribution in [0.25, 0.3) is 0 Å². The molecule has 0 amide bonds. The third kappa shape index (κ3) is 6.70.